The molecule has 2 heterocycles. The van der Waals surface area contributed by atoms with Gasteiger partial charge in [-0.15, -0.1) is 11.8 Å². The van der Waals surface area contributed by atoms with Crippen LogP contribution < -0.4 is 0 Å². The standard InChI is InChI=1S/C13H12F3NOS/c14-4-11-9-5-19-7-17-13(9,6-18-11)8-2-1-3-10(15)12(8)16/h1-3,7,9,11H,4-6H2/t9-,11-,13-/m1/s1. The first-order valence-electron chi connectivity index (χ1n) is 5.96. The van der Waals surface area contributed by atoms with Crippen molar-refractivity contribution < 1.29 is 17.9 Å². The molecule has 2 nitrogen and oxygen atoms in total. The van der Waals surface area contributed by atoms with E-state index in [0.29, 0.717) is 5.75 Å². The molecule has 0 aromatic heterocycles. The molecule has 0 spiro atoms. The maximum atomic E-state index is 14.0. The van der Waals surface area contributed by atoms with Crippen LogP contribution >= 0.6 is 11.8 Å². The molecule has 2 aliphatic rings. The molecule has 19 heavy (non-hydrogen) atoms. The van der Waals surface area contributed by atoms with E-state index < -0.39 is 30.0 Å². The van der Waals surface area contributed by atoms with Gasteiger partial charge < -0.3 is 4.74 Å². The van der Waals surface area contributed by atoms with Crippen LogP contribution in [0.25, 0.3) is 0 Å². The molecule has 1 fully saturated rings. The summed E-state index contributed by atoms with van der Waals surface area (Å²) in [4.78, 5) is 4.33. The zero-order chi connectivity index (χ0) is 13.5. The smallest absolute Gasteiger partial charge is 0.164 e. The summed E-state index contributed by atoms with van der Waals surface area (Å²) in [6.45, 7) is -0.552. The summed E-state index contributed by atoms with van der Waals surface area (Å²) < 4.78 is 45.9. The molecule has 3 atom stereocenters. The number of nitrogens with zero attached hydrogens (tertiary/aromatic N) is 1. The fourth-order valence-electron chi connectivity index (χ4n) is 2.76. The van der Waals surface area contributed by atoms with E-state index in [1.807, 2.05) is 0 Å². The molecule has 0 N–H and O–H groups in total. The molecule has 1 aromatic rings. The first-order valence-corrected chi connectivity index (χ1v) is 7.01. The molecule has 1 aromatic carbocycles. The largest absolute Gasteiger partial charge is 0.372 e. The molecule has 2 aliphatic heterocycles. The van der Waals surface area contributed by atoms with Crippen LogP contribution in [0, 0.1) is 17.6 Å². The lowest BCUT2D eigenvalue weighted by atomic mass is 9.79. The molecule has 0 radical (unpaired) electrons. The highest BCUT2D eigenvalue weighted by Gasteiger charge is 2.53. The highest BCUT2D eigenvalue weighted by molar-refractivity contribution is 8.12. The Bertz CT molecular complexity index is 525. The van der Waals surface area contributed by atoms with Gasteiger partial charge in [-0.05, 0) is 6.07 Å². The summed E-state index contributed by atoms with van der Waals surface area (Å²) in [6.07, 6.45) is -0.604. The van der Waals surface area contributed by atoms with Crippen molar-refractivity contribution in [1.29, 1.82) is 0 Å². The summed E-state index contributed by atoms with van der Waals surface area (Å²) in [7, 11) is 0. The Balaban J connectivity index is 2.12. The van der Waals surface area contributed by atoms with Crippen molar-refractivity contribution in [2.75, 3.05) is 19.0 Å². The second-order valence-electron chi connectivity index (χ2n) is 4.70. The van der Waals surface area contributed by atoms with Gasteiger partial charge in [0.2, 0.25) is 0 Å². The third-order valence-electron chi connectivity index (χ3n) is 3.78. The number of hydrogen-bond donors (Lipinski definition) is 0. The third kappa shape index (κ3) is 1.89. The zero-order valence-corrected chi connectivity index (χ0v) is 10.8. The Morgan fingerprint density at radius 3 is 3.05 bits per heavy atom. The molecule has 0 unspecified atom stereocenters. The van der Waals surface area contributed by atoms with Gasteiger partial charge in [-0.1, -0.05) is 12.1 Å². The molecule has 1 saturated heterocycles. The van der Waals surface area contributed by atoms with E-state index in [1.165, 1.54) is 23.9 Å². The Labute approximate surface area is 113 Å². The van der Waals surface area contributed by atoms with Gasteiger partial charge in [-0.3, -0.25) is 4.99 Å². The Kier molecular flexibility index (Phi) is 3.30. The van der Waals surface area contributed by atoms with Crippen molar-refractivity contribution in [3.05, 3.63) is 35.4 Å². The van der Waals surface area contributed by atoms with Crippen LogP contribution in [0.1, 0.15) is 5.56 Å². The van der Waals surface area contributed by atoms with Gasteiger partial charge in [0, 0.05) is 17.2 Å². The lowest BCUT2D eigenvalue weighted by Crippen LogP contribution is -2.40. The number of hydrogen-bond acceptors (Lipinski definition) is 3. The predicted molar refractivity (Wildman–Crippen MR) is 68.2 cm³/mol. The lowest BCUT2D eigenvalue weighted by Gasteiger charge is -2.34. The first kappa shape index (κ1) is 13.0. The second-order valence-corrected chi connectivity index (χ2v) is 5.58. The fourth-order valence-corrected chi connectivity index (χ4v) is 3.80. The van der Waals surface area contributed by atoms with Crippen molar-refractivity contribution >= 4 is 17.3 Å². The van der Waals surface area contributed by atoms with Crippen LogP contribution in [0.4, 0.5) is 13.2 Å². The van der Waals surface area contributed by atoms with Gasteiger partial charge in [0.25, 0.3) is 0 Å². The fraction of sp³-hybridized carbons (Fsp3) is 0.462. The predicted octanol–water partition coefficient (Wildman–Crippen LogP) is 2.92. The molecule has 0 aliphatic carbocycles. The monoisotopic (exact) mass is 287 g/mol. The number of rotatable bonds is 2. The van der Waals surface area contributed by atoms with Crippen LogP contribution in [0.2, 0.25) is 0 Å². The highest BCUT2D eigenvalue weighted by Crippen LogP contribution is 2.47. The van der Waals surface area contributed by atoms with E-state index in [1.54, 1.807) is 5.55 Å². The molecule has 0 amide bonds. The summed E-state index contributed by atoms with van der Waals surface area (Å²) in [5.74, 6) is -1.51. The average Bonchev–Trinajstić information content (AvgIpc) is 2.81. The zero-order valence-electron chi connectivity index (χ0n) is 9.98. The molecular weight excluding hydrogens is 275 g/mol. The quantitative estimate of drug-likeness (QED) is 0.834. The van der Waals surface area contributed by atoms with Gasteiger partial charge in [0.1, 0.15) is 12.2 Å². The van der Waals surface area contributed by atoms with Crippen molar-refractivity contribution in [2.24, 2.45) is 10.9 Å². The topological polar surface area (TPSA) is 21.6 Å². The number of fused-ring (bicyclic) bond motifs is 1. The Morgan fingerprint density at radius 2 is 2.26 bits per heavy atom. The van der Waals surface area contributed by atoms with Gasteiger partial charge in [-0.25, -0.2) is 13.2 Å². The minimum atomic E-state index is -0.992. The van der Waals surface area contributed by atoms with Crippen LogP contribution in [-0.4, -0.2) is 30.7 Å². The molecule has 0 bridgehead atoms. The highest BCUT2D eigenvalue weighted by atomic mass is 32.2. The van der Waals surface area contributed by atoms with Crippen LogP contribution in [0.3, 0.4) is 0 Å². The number of aliphatic imine (C=N–C) groups is 1. The van der Waals surface area contributed by atoms with Crippen molar-refractivity contribution in [3.8, 4) is 0 Å². The van der Waals surface area contributed by atoms with Crippen molar-refractivity contribution in [1.82, 2.24) is 0 Å². The molecule has 3 rings (SSSR count). The van der Waals surface area contributed by atoms with E-state index >= 15 is 0 Å². The van der Waals surface area contributed by atoms with E-state index in [4.69, 9.17) is 4.74 Å². The van der Waals surface area contributed by atoms with Crippen LogP contribution in [0.5, 0.6) is 0 Å². The van der Waals surface area contributed by atoms with Crippen molar-refractivity contribution in [2.45, 2.75) is 11.6 Å². The summed E-state index contributed by atoms with van der Waals surface area (Å²) in [5.41, 5.74) is 0.781. The lowest BCUT2D eigenvalue weighted by molar-refractivity contribution is 0.0721. The number of benzene rings is 1. The normalized spacial score (nSPS) is 33.4. The van der Waals surface area contributed by atoms with Crippen LogP contribution in [0.15, 0.2) is 23.2 Å². The van der Waals surface area contributed by atoms with Gasteiger partial charge in [0.05, 0.1) is 18.3 Å². The molecule has 102 valence electrons. The van der Waals surface area contributed by atoms with E-state index in [2.05, 4.69) is 4.99 Å². The SMILES string of the molecule is FC[C@H]1OC[C@]2(c3cccc(F)c3F)N=CSC[C@H]12. The molecular formula is C13H12F3NOS. The average molecular weight is 287 g/mol. The summed E-state index contributed by atoms with van der Waals surface area (Å²) in [6, 6.07) is 4.01. The van der Waals surface area contributed by atoms with Crippen molar-refractivity contribution in [3.63, 3.8) is 0 Å². The third-order valence-corrected chi connectivity index (χ3v) is 4.59. The number of alkyl halides is 1. The molecule has 6 heteroatoms. The van der Waals surface area contributed by atoms with Gasteiger partial charge >= 0.3 is 0 Å². The number of halogens is 3. The number of thioether (sulfide) groups is 1. The van der Waals surface area contributed by atoms with E-state index in [9.17, 15) is 13.2 Å². The maximum absolute atomic E-state index is 14.0. The molecule has 0 saturated carbocycles. The second kappa shape index (κ2) is 4.83. The maximum Gasteiger partial charge on any atom is 0.164 e. The van der Waals surface area contributed by atoms with E-state index in [0.717, 1.165) is 6.07 Å². The summed E-state index contributed by atoms with van der Waals surface area (Å²) in [5, 5.41) is 0. The number of ether oxygens (including phenoxy) is 1. The van der Waals surface area contributed by atoms with E-state index in [-0.39, 0.29) is 18.1 Å². The Morgan fingerprint density at radius 1 is 1.42 bits per heavy atom. The Hall–Kier alpha value is -1.01. The minimum absolute atomic E-state index is 0.0870. The summed E-state index contributed by atoms with van der Waals surface area (Å²) >= 11 is 1.44. The minimum Gasteiger partial charge on any atom is -0.372 e. The first-order chi connectivity index (χ1) is 9.19. The van der Waals surface area contributed by atoms with Crippen LogP contribution in [-0.2, 0) is 10.3 Å². The van der Waals surface area contributed by atoms with Gasteiger partial charge in [-0.2, -0.15) is 0 Å². The van der Waals surface area contributed by atoms with Gasteiger partial charge in [0.15, 0.2) is 11.6 Å².